The number of likely N-dealkylation sites (tertiary alicyclic amines) is 1. The zero-order chi connectivity index (χ0) is 12.3. The highest BCUT2D eigenvalue weighted by atomic mass is 32.2. The lowest BCUT2D eigenvalue weighted by Crippen LogP contribution is -2.49. The van der Waals surface area contributed by atoms with Gasteiger partial charge in [0.2, 0.25) is 0 Å². The quantitative estimate of drug-likeness (QED) is 0.627. The van der Waals surface area contributed by atoms with Crippen molar-refractivity contribution in [3.63, 3.8) is 0 Å². The number of hydrogen-bond donors (Lipinski definition) is 2. The standard InChI is InChI=1S/C10H17N3O3S/c1-12-5-2-3-10(7-12)13(17(14)15)11-9-4-6-16-8-9/h4,6,8,10-11H,2-3,5,7H2,1H3,(H,14,15). The minimum Gasteiger partial charge on any atom is -0.470 e. The summed E-state index contributed by atoms with van der Waals surface area (Å²) >= 11 is -2.05. The van der Waals surface area contributed by atoms with E-state index in [4.69, 9.17) is 4.42 Å². The van der Waals surface area contributed by atoms with Crippen LogP contribution in [-0.4, -0.2) is 44.3 Å². The molecule has 0 bridgehead atoms. The maximum atomic E-state index is 11.4. The summed E-state index contributed by atoms with van der Waals surface area (Å²) in [5.74, 6) is 0. The van der Waals surface area contributed by atoms with E-state index in [1.54, 1.807) is 6.07 Å². The molecule has 2 atom stereocenters. The van der Waals surface area contributed by atoms with Crippen LogP contribution < -0.4 is 5.43 Å². The van der Waals surface area contributed by atoms with Crippen molar-refractivity contribution in [1.82, 2.24) is 9.31 Å². The average Bonchev–Trinajstić information content (AvgIpc) is 2.78. The van der Waals surface area contributed by atoms with Crippen LogP contribution in [0.25, 0.3) is 0 Å². The van der Waals surface area contributed by atoms with Gasteiger partial charge in [-0.2, -0.15) is 0 Å². The minimum atomic E-state index is -2.05. The number of furan rings is 1. The van der Waals surface area contributed by atoms with E-state index in [0.29, 0.717) is 5.69 Å². The molecule has 0 radical (unpaired) electrons. The molecule has 2 rings (SSSR count). The third kappa shape index (κ3) is 3.29. The molecule has 1 aliphatic heterocycles. The van der Waals surface area contributed by atoms with Crippen LogP contribution in [-0.2, 0) is 11.3 Å². The van der Waals surface area contributed by atoms with Crippen molar-refractivity contribution in [3.8, 4) is 0 Å². The fourth-order valence-electron chi connectivity index (χ4n) is 2.04. The number of nitrogens with zero attached hydrogens (tertiary/aromatic N) is 2. The van der Waals surface area contributed by atoms with Gasteiger partial charge in [0.15, 0.2) is 0 Å². The lowest BCUT2D eigenvalue weighted by atomic mass is 10.1. The second-order valence-corrected chi connectivity index (χ2v) is 5.09. The molecule has 7 heteroatoms. The molecule has 2 N–H and O–H groups in total. The Labute approximate surface area is 103 Å². The maximum Gasteiger partial charge on any atom is 0.253 e. The number of anilines is 1. The van der Waals surface area contributed by atoms with Crippen molar-refractivity contribution in [1.29, 1.82) is 0 Å². The molecular formula is C10H17N3O3S. The third-order valence-electron chi connectivity index (χ3n) is 2.86. The molecule has 1 fully saturated rings. The molecule has 1 aliphatic rings. The van der Waals surface area contributed by atoms with Crippen molar-refractivity contribution in [2.24, 2.45) is 0 Å². The minimum absolute atomic E-state index is 0.0227. The predicted octanol–water partition coefficient (Wildman–Crippen LogP) is 1.14. The summed E-state index contributed by atoms with van der Waals surface area (Å²) in [4.78, 5) is 2.16. The van der Waals surface area contributed by atoms with Crippen molar-refractivity contribution in [3.05, 3.63) is 18.6 Å². The number of piperidine rings is 1. The second kappa shape index (κ2) is 5.63. The summed E-state index contributed by atoms with van der Waals surface area (Å²) < 4.78 is 27.0. The first-order chi connectivity index (χ1) is 8.16. The van der Waals surface area contributed by atoms with Crippen LogP contribution in [0.4, 0.5) is 5.69 Å². The molecule has 2 heterocycles. The van der Waals surface area contributed by atoms with Gasteiger partial charge in [-0.1, -0.05) is 0 Å². The zero-order valence-corrected chi connectivity index (χ0v) is 10.5. The van der Waals surface area contributed by atoms with E-state index in [2.05, 4.69) is 10.3 Å². The van der Waals surface area contributed by atoms with Gasteiger partial charge in [0.25, 0.3) is 11.3 Å². The van der Waals surface area contributed by atoms with Crippen molar-refractivity contribution in [2.45, 2.75) is 18.9 Å². The van der Waals surface area contributed by atoms with E-state index in [9.17, 15) is 8.76 Å². The smallest absolute Gasteiger partial charge is 0.253 e. The Morgan fingerprint density at radius 1 is 1.71 bits per heavy atom. The first-order valence-corrected chi connectivity index (χ1v) is 6.61. The number of rotatable bonds is 4. The predicted molar refractivity (Wildman–Crippen MR) is 65.5 cm³/mol. The van der Waals surface area contributed by atoms with Crippen LogP contribution in [0.5, 0.6) is 0 Å². The lowest BCUT2D eigenvalue weighted by Gasteiger charge is -2.35. The van der Waals surface area contributed by atoms with E-state index in [-0.39, 0.29) is 6.04 Å². The molecule has 1 saturated heterocycles. The molecule has 0 spiro atoms. The van der Waals surface area contributed by atoms with Gasteiger partial charge in [-0.15, -0.1) is 4.41 Å². The Hall–Kier alpha value is -0.890. The monoisotopic (exact) mass is 259 g/mol. The summed E-state index contributed by atoms with van der Waals surface area (Å²) in [7, 11) is 2.02. The van der Waals surface area contributed by atoms with Gasteiger partial charge in [0, 0.05) is 12.6 Å². The Balaban J connectivity index is 2.03. The summed E-state index contributed by atoms with van der Waals surface area (Å²) in [5, 5.41) is 0. The van der Waals surface area contributed by atoms with E-state index in [0.717, 1.165) is 25.9 Å². The average molecular weight is 259 g/mol. The zero-order valence-electron chi connectivity index (χ0n) is 9.70. The van der Waals surface area contributed by atoms with Crippen molar-refractivity contribution >= 4 is 17.0 Å². The highest BCUT2D eigenvalue weighted by molar-refractivity contribution is 7.76. The molecule has 17 heavy (non-hydrogen) atoms. The molecule has 0 aliphatic carbocycles. The summed E-state index contributed by atoms with van der Waals surface area (Å²) in [6, 6.07) is 1.74. The molecule has 0 saturated carbocycles. The van der Waals surface area contributed by atoms with Crippen LogP contribution >= 0.6 is 0 Å². The summed E-state index contributed by atoms with van der Waals surface area (Å²) in [5.41, 5.74) is 3.59. The maximum absolute atomic E-state index is 11.4. The fraction of sp³-hybridized carbons (Fsp3) is 0.600. The van der Waals surface area contributed by atoms with Gasteiger partial charge in [-0.3, -0.25) is 4.55 Å². The van der Waals surface area contributed by atoms with Gasteiger partial charge >= 0.3 is 0 Å². The Bertz CT molecular complexity index is 371. The topological polar surface area (TPSA) is 69.0 Å². The van der Waals surface area contributed by atoms with Gasteiger partial charge in [-0.05, 0) is 26.4 Å². The summed E-state index contributed by atoms with van der Waals surface area (Å²) in [6.07, 6.45) is 4.96. The van der Waals surface area contributed by atoms with Gasteiger partial charge in [0.1, 0.15) is 6.26 Å². The Morgan fingerprint density at radius 2 is 2.53 bits per heavy atom. The van der Waals surface area contributed by atoms with Gasteiger partial charge in [-0.25, -0.2) is 4.21 Å². The van der Waals surface area contributed by atoms with Crippen LogP contribution in [0.2, 0.25) is 0 Å². The van der Waals surface area contributed by atoms with Crippen LogP contribution in [0.15, 0.2) is 23.0 Å². The molecular weight excluding hydrogens is 242 g/mol. The van der Waals surface area contributed by atoms with Crippen LogP contribution in [0.3, 0.4) is 0 Å². The van der Waals surface area contributed by atoms with E-state index >= 15 is 0 Å². The molecule has 6 nitrogen and oxygen atoms in total. The molecule has 96 valence electrons. The van der Waals surface area contributed by atoms with E-state index in [1.807, 2.05) is 7.05 Å². The number of likely N-dealkylation sites (N-methyl/N-ethyl adjacent to an activating group) is 1. The molecule has 2 unspecified atom stereocenters. The van der Waals surface area contributed by atoms with Crippen LogP contribution in [0, 0.1) is 0 Å². The molecule has 1 aromatic heterocycles. The summed E-state index contributed by atoms with van der Waals surface area (Å²) in [6.45, 7) is 1.81. The van der Waals surface area contributed by atoms with Crippen LogP contribution in [0.1, 0.15) is 12.8 Å². The highest BCUT2D eigenvalue weighted by Gasteiger charge is 2.27. The molecule has 0 aromatic carbocycles. The number of hydrazine groups is 1. The Kier molecular flexibility index (Phi) is 4.16. The van der Waals surface area contributed by atoms with Crippen molar-refractivity contribution in [2.75, 3.05) is 25.6 Å². The third-order valence-corrected chi connectivity index (χ3v) is 3.59. The molecule has 0 amide bonds. The van der Waals surface area contributed by atoms with Gasteiger partial charge < -0.3 is 14.7 Å². The fourth-order valence-corrected chi connectivity index (χ4v) is 2.65. The SMILES string of the molecule is CN1CCCC(N(Nc2ccoc2)S(=O)O)C1. The normalized spacial score (nSPS) is 23.8. The van der Waals surface area contributed by atoms with Gasteiger partial charge in [0.05, 0.1) is 18.0 Å². The van der Waals surface area contributed by atoms with E-state index < -0.39 is 11.3 Å². The van der Waals surface area contributed by atoms with Crippen molar-refractivity contribution < 1.29 is 13.2 Å². The molecule has 1 aromatic rings. The number of nitrogens with one attached hydrogen (secondary N) is 1. The first-order valence-electron chi connectivity index (χ1n) is 5.54. The van der Waals surface area contributed by atoms with E-state index in [1.165, 1.54) is 16.9 Å². The largest absolute Gasteiger partial charge is 0.470 e. The number of hydrogen-bond acceptors (Lipinski definition) is 4. The highest BCUT2D eigenvalue weighted by Crippen LogP contribution is 2.18. The second-order valence-electron chi connectivity index (χ2n) is 4.24. The Morgan fingerprint density at radius 3 is 3.12 bits per heavy atom. The lowest BCUT2D eigenvalue weighted by molar-refractivity contribution is 0.185. The first kappa shape index (κ1) is 12.6.